The highest BCUT2D eigenvalue weighted by atomic mass is 16.2. The molecule has 1 atom stereocenters. The summed E-state index contributed by atoms with van der Waals surface area (Å²) < 4.78 is 0. The lowest BCUT2D eigenvalue weighted by molar-refractivity contribution is -0.123. The van der Waals surface area contributed by atoms with E-state index in [2.05, 4.69) is 27.4 Å². The number of amides is 1. The number of carbonyl (C=O) groups excluding carboxylic acids is 1. The fourth-order valence-corrected chi connectivity index (χ4v) is 4.02. The van der Waals surface area contributed by atoms with Crippen molar-refractivity contribution in [1.29, 1.82) is 0 Å². The molecule has 1 heterocycles. The van der Waals surface area contributed by atoms with E-state index in [-0.39, 0.29) is 17.2 Å². The first-order valence-electron chi connectivity index (χ1n) is 10.4. The Kier molecular flexibility index (Phi) is 6.95. The van der Waals surface area contributed by atoms with E-state index in [1.807, 2.05) is 37.3 Å². The van der Waals surface area contributed by atoms with Crippen molar-refractivity contribution in [2.24, 2.45) is 11.8 Å². The molecule has 1 aliphatic rings. The van der Waals surface area contributed by atoms with Crippen molar-refractivity contribution >= 4 is 5.91 Å². The molecular formula is C22H30N4O2. The number of hydrogen-bond donors (Lipinski definition) is 2. The lowest BCUT2D eigenvalue weighted by Gasteiger charge is -2.27. The van der Waals surface area contributed by atoms with Gasteiger partial charge in [0, 0.05) is 12.0 Å². The Labute approximate surface area is 166 Å². The number of nitrogens with zero attached hydrogens (tertiary/aromatic N) is 2. The summed E-state index contributed by atoms with van der Waals surface area (Å²) in [6.45, 7) is 4.18. The number of hydrogen-bond acceptors (Lipinski definition) is 4. The average molecular weight is 383 g/mol. The van der Waals surface area contributed by atoms with Crippen LogP contribution < -0.4 is 10.9 Å². The predicted molar refractivity (Wildman–Crippen MR) is 110 cm³/mol. The lowest BCUT2D eigenvalue weighted by Crippen LogP contribution is -2.34. The SMILES string of the molecule is CCC1CCC(CC(=O)NC(CC)c2nnc(-c3ccccc3)[nH]c2=O)CC1. The zero-order valence-electron chi connectivity index (χ0n) is 16.8. The maximum absolute atomic E-state index is 12.5. The summed E-state index contributed by atoms with van der Waals surface area (Å²) in [7, 11) is 0. The van der Waals surface area contributed by atoms with Gasteiger partial charge in [-0.05, 0) is 31.1 Å². The Morgan fingerprint density at radius 2 is 1.79 bits per heavy atom. The summed E-state index contributed by atoms with van der Waals surface area (Å²) in [6, 6.07) is 8.98. The molecule has 3 rings (SSSR count). The molecule has 1 fully saturated rings. The molecule has 0 bridgehead atoms. The van der Waals surface area contributed by atoms with Crippen molar-refractivity contribution in [2.75, 3.05) is 0 Å². The van der Waals surface area contributed by atoms with Gasteiger partial charge < -0.3 is 10.3 Å². The molecule has 6 heteroatoms. The largest absolute Gasteiger partial charge is 0.347 e. The first-order chi connectivity index (χ1) is 13.6. The van der Waals surface area contributed by atoms with E-state index in [1.165, 1.54) is 19.3 Å². The number of benzene rings is 1. The Bertz CT molecular complexity index is 826. The highest BCUT2D eigenvalue weighted by molar-refractivity contribution is 5.76. The van der Waals surface area contributed by atoms with Crippen LogP contribution in [0.3, 0.4) is 0 Å². The van der Waals surface area contributed by atoms with Crippen LogP contribution in [0.15, 0.2) is 35.1 Å². The third kappa shape index (κ3) is 5.06. The molecule has 2 N–H and O–H groups in total. The summed E-state index contributed by atoms with van der Waals surface area (Å²) in [6.07, 6.45) is 7.04. The third-order valence-electron chi connectivity index (χ3n) is 5.86. The molecule has 1 amide bonds. The fraction of sp³-hybridized carbons (Fsp3) is 0.545. The third-order valence-corrected chi connectivity index (χ3v) is 5.86. The molecule has 0 radical (unpaired) electrons. The molecule has 2 aromatic rings. The van der Waals surface area contributed by atoms with Crippen molar-refractivity contribution in [3.05, 3.63) is 46.4 Å². The van der Waals surface area contributed by atoms with Crippen molar-refractivity contribution in [3.8, 4) is 11.4 Å². The predicted octanol–water partition coefficient (Wildman–Crippen LogP) is 4.01. The smallest absolute Gasteiger partial charge is 0.275 e. The normalized spacial score (nSPS) is 20.5. The van der Waals surface area contributed by atoms with Crippen LogP contribution >= 0.6 is 0 Å². The molecule has 28 heavy (non-hydrogen) atoms. The molecule has 1 saturated carbocycles. The molecule has 1 aromatic carbocycles. The molecule has 150 valence electrons. The fourth-order valence-electron chi connectivity index (χ4n) is 4.02. The van der Waals surface area contributed by atoms with Crippen molar-refractivity contribution < 1.29 is 4.79 Å². The summed E-state index contributed by atoms with van der Waals surface area (Å²) in [5, 5.41) is 11.3. The van der Waals surface area contributed by atoms with Crippen LogP contribution in [0.5, 0.6) is 0 Å². The van der Waals surface area contributed by atoms with E-state index in [4.69, 9.17) is 0 Å². The van der Waals surface area contributed by atoms with Crippen molar-refractivity contribution in [3.63, 3.8) is 0 Å². The van der Waals surface area contributed by atoms with Crippen molar-refractivity contribution in [2.45, 2.75) is 64.8 Å². The van der Waals surface area contributed by atoms with Crippen LogP contribution in [0, 0.1) is 11.8 Å². The van der Waals surface area contributed by atoms with Gasteiger partial charge in [-0.2, -0.15) is 0 Å². The minimum absolute atomic E-state index is 0.000124. The maximum atomic E-state index is 12.5. The van der Waals surface area contributed by atoms with Gasteiger partial charge in [0.15, 0.2) is 11.5 Å². The van der Waals surface area contributed by atoms with E-state index in [0.29, 0.717) is 24.6 Å². The second-order valence-electron chi connectivity index (χ2n) is 7.78. The van der Waals surface area contributed by atoms with Gasteiger partial charge >= 0.3 is 0 Å². The average Bonchev–Trinajstić information content (AvgIpc) is 2.73. The number of aromatic nitrogens is 3. The standard InChI is InChI=1S/C22H30N4O2/c1-3-15-10-12-16(13-11-15)14-19(27)23-18(4-2)20-22(28)24-21(26-25-20)17-8-6-5-7-9-17/h5-9,15-16,18H,3-4,10-14H2,1-2H3,(H,23,27)(H,24,26,28). The van der Waals surface area contributed by atoms with Gasteiger partial charge in [0.1, 0.15) is 0 Å². The Morgan fingerprint density at radius 1 is 1.11 bits per heavy atom. The zero-order valence-corrected chi connectivity index (χ0v) is 16.8. The first kappa shape index (κ1) is 20.2. The molecule has 0 saturated heterocycles. The summed E-state index contributed by atoms with van der Waals surface area (Å²) in [5.41, 5.74) is 0.771. The minimum atomic E-state index is -0.416. The van der Waals surface area contributed by atoms with Gasteiger partial charge in [0.2, 0.25) is 5.91 Å². The first-order valence-corrected chi connectivity index (χ1v) is 10.4. The van der Waals surface area contributed by atoms with Crippen LogP contribution in [0.4, 0.5) is 0 Å². The maximum Gasteiger partial charge on any atom is 0.275 e. The Morgan fingerprint density at radius 3 is 2.39 bits per heavy atom. The summed E-state index contributed by atoms with van der Waals surface area (Å²) in [4.78, 5) is 27.9. The summed E-state index contributed by atoms with van der Waals surface area (Å²) >= 11 is 0. The molecule has 1 aromatic heterocycles. The van der Waals surface area contributed by atoms with Gasteiger partial charge in [-0.3, -0.25) is 9.59 Å². The van der Waals surface area contributed by atoms with Gasteiger partial charge in [0.25, 0.3) is 5.56 Å². The second-order valence-corrected chi connectivity index (χ2v) is 7.78. The number of rotatable bonds is 7. The quantitative estimate of drug-likeness (QED) is 0.757. The van der Waals surface area contributed by atoms with Gasteiger partial charge in [-0.15, -0.1) is 10.2 Å². The molecule has 1 unspecified atom stereocenters. The van der Waals surface area contributed by atoms with Crippen molar-refractivity contribution in [1.82, 2.24) is 20.5 Å². The van der Waals surface area contributed by atoms with Crippen LogP contribution in [-0.4, -0.2) is 21.1 Å². The highest BCUT2D eigenvalue weighted by Gasteiger charge is 2.24. The minimum Gasteiger partial charge on any atom is -0.347 e. The summed E-state index contributed by atoms with van der Waals surface area (Å²) in [5.74, 6) is 1.70. The van der Waals surface area contributed by atoms with Gasteiger partial charge in [-0.25, -0.2) is 0 Å². The molecular weight excluding hydrogens is 352 g/mol. The molecule has 6 nitrogen and oxygen atoms in total. The van der Waals surface area contributed by atoms with Crippen LogP contribution in [0.1, 0.15) is 70.5 Å². The Balaban J connectivity index is 1.63. The second kappa shape index (κ2) is 9.62. The van der Waals surface area contributed by atoms with E-state index in [0.717, 1.165) is 24.3 Å². The topological polar surface area (TPSA) is 87.7 Å². The van der Waals surface area contributed by atoms with Crippen LogP contribution in [-0.2, 0) is 4.79 Å². The molecule has 0 spiro atoms. The van der Waals surface area contributed by atoms with E-state index in [9.17, 15) is 9.59 Å². The molecule has 0 aliphatic heterocycles. The van der Waals surface area contributed by atoms with E-state index >= 15 is 0 Å². The Hall–Kier alpha value is -2.50. The van der Waals surface area contributed by atoms with Crippen LogP contribution in [0.25, 0.3) is 11.4 Å². The number of aromatic amines is 1. The lowest BCUT2D eigenvalue weighted by atomic mass is 9.79. The highest BCUT2D eigenvalue weighted by Crippen LogP contribution is 2.32. The van der Waals surface area contributed by atoms with Crippen LogP contribution in [0.2, 0.25) is 0 Å². The number of H-pyrrole nitrogens is 1. The van der Waals surface area contributed by atoms with Gasteiger partial charge in [0.05, 0.1) is 6.04 Å². The van der Waals surface area contributed by atoms with E-state index < -0.39 is 6.04 Å². The van der Waals surface area contributed by atoms with Gasteiger partial charge in [-0.1, -0.05) is 63.4 Å². The monoisotopic (exact) mass is 382 g/mol. The molecule has 1 aliphatic carbocycles. The zero-order chi connectivity index (χ0) is 19.9. The number of nitrogens with one attached hydrogen (secondary N) is 2. The van der Waals surface area contributed by atoms with E-state index in [1.54, 1.807) is 0 Å². The number of carbonyl (C=O) groups is 1.